The average molecular weight is 305 g/mol. The largest absolute Gasteiger partial charge is 0.355 e. The summed E-state index contributed by atoms with van der Waals surface area (Å²) in [6.07, 6.45) is 4.58. The quantitative estimate of drug-likeness (QED) is 0.591. The van der Waals surface area contributed by atoms with Crippen molar-refractivity contribution in [2.45, 2.75) is 51.5 Å². The number of hydrogen-bond donors (Lipinski definition) is 1. The Morgan fingerprint density at radius 2 is 2.14 bits per heavy atom. The van der Waals surface area contributed by atoms with Gasteiger partial charge in [-0.1, -0.05) is 37.9 Å². The minimum atomic E-state index is 0.00125. The van der Waals surface area contributed by atoms with Gasteiger partial charge in [-0.15, -0.1) is 0 Å². The number of carbonyl (C=O) groups is 1. The van der Waals surface area contributed by atoms with Gasteiger partial charge in [0, 0.05) is 12.2 Å². The standard InChI is InChI=1S/C16H23N3OS/c1-4-5-6-7-8-18-15(20)11-21-16-14(10-17)12(2)9-13(3)19-16/h9H,4-8,11H2,1-3H3,(H,18,20). The van der Waals surface area contributed by atoms with Gasteiger partial charge < -0.3 is 5.32 Å². The maximum absolute atomic E-state index is 11.8. The van der Waals surface area contributed by atoms with Gasteiger partial charge in [-0.05, 0) is 31.9 Å². The molecule has 1 rings (SSSR count). The molecule has 1 N–H and O–H groups in total. The zero-order valence-corrected chi connectivity index (χ0v) is 13.8. The van der Waals surface area contributed by atoms with E-state index in [0.717, 1.165) is 30.6 Å². The summed E-state index contributed by atoms with van der Waals surface area (Å²) in [6.45, 7) is 6.68. The third-order valence-electron chi connectivity index (χ3n) is 3.12. The van der Waals surface area contributed by atoms with Crippen molar-refractivity contribution in [2.75, 3.05) is 12.3 Å². The molecule has 114 valence electrons. The fourth-order valence-electron chi connectivity index (χ4n) is 2.01. The molecular formula is C16H23N3OS. The fourth-order valence-corrected chi connectivity index (χ4v) is 2.94. The zero-order valence-electron chi connectivity index (χ0n) is 13.0. The minimum Gasteiger partial charge on any atom is -0.355 e. The van der Waals surface area contributed by atoms with E-state index in [1.165, 1.54) is 24.6 Å². The number of nitrogens with zero attached hydrogens (tertiary/aromatic N) is 2. The van der Waals surface area contributed by atoms with Gasteiger partial charge in [0.05, 0.1) is 11.3 Å². The fraction of sp³-hybridized carbons (Fsp3) is 0.562. The third kappa shape index (κ3) is 6.17. The highest BCUT2D eigenvalue weighted by molar-refractivity contribution is 8.00. The van der Waals surface area contributed by atoms with Crippen LogP contribution in [0.2, 0.25) is 0 Å². The van der Waals surface area contributed by atoms with Gasteiger partial charge >= 0.3 is 0 Å². The lowest BCUT2D eigenvalue weighted by molar-refractivity contribution is -0.118. The second kappa shape index (κ2) is 9.41. The van der Waals surface area contributed by atoms with Gasteiger partial charge in [-0.2, -0.15) is 5.26 Å². The molecule has 0 fully saturated rings. The van der Waals surface area contributed by atoms with Crippen LogP contribution in [0, 0.1) is 25.2 Å². The molecule has 0 spiro atoms. The topological polar surface area (TPSA) is 65.8 Å². The predicted molar refractivity (Wildman–Crippen MR) is 86.3 cm³/mol. The molecular weight excluding hydrogens is 282 g/mol. The molecule has 1 aromatic heterocycles. The van der Waals surface area contributed by atoms with Crippen molar-refractivity contribution in [2.24, 2.45) is 0 Å². The van der Waals surface area contributed by atoms with Crippen molar-refractivity contribution >= 4 is 17.7 Å². The molecule has 1 aromatic rings. The third-order valence-corrected chi connectivity index (χ3v) is 4.09. The molecule has 0 aromatic carbocycles. The van der Waals surface area contributed by atoms with Crippen LogP contribution in [0.5, 0.6) is 0 Å². The molecule has 0 bridgehead atoms. The second-order valence-electron chi connectivity index (χ2n) is 5.07. The number of amides is 1. The summed E-state index contributed by atoms with van der Waals surface area (Å²) < 4.78 is 0. The van der Waals surface area contributed by atoms with E-state index in [4.69, 9.17) is 0 Å². The molecule has 5 heteroatoms. The first-order valence-corrected chi connectivity index (χ1v) is 8.34. The monoisotopic (exact) mass is 305 g/mol. The van der Waals surface area contributed by atoms with Gasteiger partial charge in [-0.25, -0.2) is 4.98 Å². The van der Waals surface area contributed by atoms with E-state index in [0.29, 0.717) is 16.3 Å². The number of rotatable bonds is 8. The molecule has 0 atom stereocenters. The Labute approximate surface area is 131 Å². The van der Waals surface area contributed by atoms with Crippen LogP contribution < -0.4 is 5.32 Å². The number of carbonyl (C=O) groups excluding carboxylic acids is 1. The van der Waals surface area contributed by atoms with E-state index in [1.807, 2.05) is 19.9 Å². The summed E-state index contributed by atoms with van der Waals surface area (Å²) in [7, 11) is 0. The molecule has 0 radical (unpaired) electrons. The van der Waals surface area contributed by atoms with Gasteiger partial charge in [0.15, 0.2) is 0 Å². The molecule has 1 heterocycles. The molecule has 0 saturated carbocycles. The molecule has 1 amide bonds. The Hall–Kier alpha value is -1.54. The Kier molecular flexibility index (Phi) is 7.84. The first kappa shape index (κ1) is 17.5. The van der Waals surface area contributed by atoms with Gasteiger partial charge in [0.1, 0.15) is 11.1 Å². The van der Waals surface area contributed by atoms with Gasteiger partial charge in [-0.3, -0.25) is 4.79 Å². The lowest BCUT2D eigenvalue weighted by atomic mass is 10.1. The van der Waals surface area contributed by atoms with Crippen LogP contribution in [0.25, 0.3) is 0 Å². The maximum atomic E-state index is 11.8. The van der Waals surface area contributed by atoms with Gasteiger partial charge in [0.25, 0.3) is 0 Å². The minimum absolute atomic E-state index is 0.00125. The van der Waals surface area contributed by atoms with Crippen LogP contribution >= 0.6 is 11.8 Å². The van der Waals surface area contributed by atoms with E-state index in [-0.39, 0.29) is 5.91 Å². The Balaban J connectivity index is 2.45. The molecule has 0 saturated heterocycles. The van der Waals surface area contributed by atoms with Crippen LogP contribution in [0.15, 0.2) is 11.1 Å². The highest BCUT2D eigenvalue weighted by atomic mass is 32.2. The first-order chi connectivity index (χ1) is 10.1. The molecule has 0 aliphatic rings. The predicted octanol–water partition coefficient (Wildman–Crippen LogP) is 3.36. The van der Waals surface area contributed by atoms with Gasteiger partial charge in [0.2, 0.25) is 5.91 Å². The summed E-state index contributed by atoms with van der Waals surface area (Å²) in [4.78, 5) is 16.1. The summed E-state index contributed by atoms with van der Waals surface area (Å²) in [5, 5.41) is 12.7. The lowest BCUT2D eigenvalue weighted by Gasteiger charge is -2.08. The van der Waals surface area contributed by atoms with E-state index in [1.54, 1.807) is 0 Å². The number of aromatic nitrogens is 1. The van der Waals surface area contributed by atoms with E-state index in [2.05, 4.69) is 23.3 Å². The number of nitriles is 1. The number of thioether (sulfide) groups is 1. The Morgan fingerprint density at radius 3 is 2.81 bits per heavy atom. The Morgan fingerprint density at radius 1 is 1.38 bits per heavy atom. The normalized spacial score (nSPS) is 10.2. The zero-order chi connectivity index (χ0) is 15.7. The van der Waals surface area contributed by atoms with Crippen molar-refractivity contribution in [3.05, 3.63) is 22.9 Å². The molecule has 21 heavy (non-hydrogen) atoms. The lowest BCUT2D eigenvalue weighted by Crippen LogP contribution is -2.26. The first-order valence-electron chi connectivity index (χ1n) is 7.36. The smallest absolute Gasteiger partial charge is 0.230 e. The SMILES string of the molecule is CCCCCCNC(=O)CSc1nc(C)cc(C)c1C#N. The number of pyridine rings is 1. The summed E-state index contributed by atoms with van der Waals surface area (Å²) >= 11 is 1.33. The van der Waals surface area contributed by atoms with E-state index < -0.39 is 0 Å². The Bertz CT molecular complexity index is 523. The second-order valence-corrected chi connectivity index (χ2v) is 6.04. The van der Waals surface area contributed by atoms with E-state index >= 15 is 0 Å². The summed E-state index contributed by atoms with van der Waals surface area (Å²) in [5.41, 5.74) is 2.35. The highest BCUT2D eigenvalue weighted by Gasteiger charge is 2.11. The average Bonchev–Trinajstić information content (AvgIpc) is 2.44. The summed E-state index contributed by atoms with van der Waals surface area (Å²) in [5.74, 6) is 0.305. The number of unbranched alkanes of at least 4 members (excludes halogenated alkanes) is 3. The molecule has 0 unspecified atom stereocenters. The van der Waals surface area contributed by atoms with Crippen LogP contribution in [0.1, 0.15) is 49.4 Å². The van der Waals surface area contributed by atoms with Crippen molar-refractivity contribution in [3.63, 3.8) is 0 Å². The van der Waals surface area contributed by atoms with Crippen LogP contribution in [-0.4, -0.2) is 23.2 Å². The number of aryl methyl sites for hydroxylation is 2. The summed E-state index contributed by atoms with van der Waals surface area (Å²) in [6, 6.07) is 4.05. The number of nitrogens with one attached hydrogen (secondary N) is 1. The van der Waals surface area contributed by atoms with Crippen molar-refractivity contribution in [1.82, 2.24) is 10.3 Å². The van der Waals surface area contributed by atoms with Crippen LogP contribution in [0.4, 0.5) is 0 Å². The molecule has 4 nitrogen and oxygen atoms in total. The van der Waals surface area contributed by atoms with Crippen LogP contribution in [0.3, 0.4) is 0 Å². The van der Waals surface area contributed by atoms with Crippen LogP contribution in [-0.2, 0) is 4.79 Å². The number of hydrogen-bond acceptors (Lipinski definition) is 4. The van der Waals surface area contributed by atoms with Crippen molar-refractivity contribution in [1.29, 1.82) is 5.26 Å². The van der Waals surface area contributed by atoms with Crippen molar-refractivity contribution < 1.29 is 4.79 Å². The maximum Gasteiger partial charge on any atom is 0.230 e. The van der Waals surface area contributed by atoms with E-state index in [9.17, 15) is 10.1 Å². The highest BCUT2D eigenvalue weighted by Crippen LogP contribution is 2.23. The van der Waals surface area contributed by atoms with Crippen molar-refractivity contribution in [3.8, 4) is 6.07 Å². The molecule has 0 aliphatic carbocycles. The molecule has 0 aliphatic heterocycles.